The fraction of sp³-hybridized carbons (Fsp3) is 0.517. The zero-order chi connectivity index (χ0) is 24.4. The van der Waals surface area contributed by atoms with Gasteiger partial charge < -0.3 is 19.9 Å². The number of nitrogens with zero attached hydrogens (tertiary/aromatic N) is 2. The zero-order valence-corrected chi connectivity index (χ0v) is 21.0. The van der Waals surface area contributed by atoms with Crippen LogP contribution in [0.25, 0.3) is 0 Å². The lowest BCUT2D eigenvalue weighted by Gasteiger charge is -2.47. The van der Waals surface area contributed by atoms with Crippen molar-refractivity contribution in [1.29, 1.82) is 0 Å². The van der Waals surface area contributed by atoms with Crippen LogP contribution in [0.3, 0.4) is 0 Å². The van der Waals surface area contributed by atoms with Crippen LogP contribution >= 0.6 is 0 Å². The lowest BCUT2D eigenvalue weighted by Crippen LogP contribution is -2.57. The largest absolute Gasteiger partial charge is 0.508 e. The molecule has 3 heterocycles. The number of phenols is 1. The van der Waals surface area contributed by atoms with Crippen molar-refractivity contribution in [2.75, 3.05) is 39.3 Å². The number of hydrogen-bond acceptors (Lipinski definition) is 6. The summed E-state index contributed by atoms with van der Waals surface area (Å²) in [7, 11) is 0. The third-order valence-electron chi connectivity index (χ3n) is 7.86. The van der Waals surface area contributed by atoms with E-state index in [0.29, 0.717) is 24.4 Å². The summed E-state index contributed by atoms with van der Waals surface area (Å²) in [5.74, 6) is -0.142. The minimum atomic E-state index is -0.442. The van der Waals surface area contributed by atoms with Gasteiger partial charge in [-0.3, -0.25) is 9.80 Å². The topological polar surface area (TPSA) is 57.2 Å². The molecule has 6 nitrogen and oxygen atoms in total. The lowest BCUT2D eigenvalue weighted by atomic mass is 9.91. The summed E-state index contributed by atoms with van der Waals surface area (Å²) in [6.07, 6.45) is 3.71. The quantitative estimate of drug-likeness (QED) is 0.608. The molecule has 5 rings (SSSR count). The molecule has 35 heavy (non-hydrogen) atoms. The Bertz CT molecular complexity index is 1020. The highest BCUT2D eigenvalue weighted by Gasteiger charge is 2.43. The van der Waals surface area contributed by atoms with E-state index < -0.39 is 5.79 Å². The lowest BCUT2D eigenvalue weighted by molar-refractivity contribution is -0.183. The van der Waals surface area contributed by atoms with Gasteiger partial charge in [0.1, 0.15) is 11.9 Å². The first-order valence-corrected chi connectivity index (χ1v) is 13.0. The first-order valence-electron chi connectivity index (χ1n) is 13.0. The Morgan fingerprint density at radius 1 is 1.09 bits per heavy atom. The van der Waals surface area contributed by atoms with Gasteiger partial charge in [0.2, 0.25) is 0 Å². The predicted molar refractivity (Wildman–Crippen MR) is 138 cm³/mol. The highest BCUT2D eigenvalue weighted by molar-refractivity contribution is 5.39. The summed E-state index contributed by atoms with van der Waals surface area (Å²) >= 11 is 0. The van der Waals surface area contributed by atoms with Gasteiger partial charge in [-0.1, -0.05) is 42.5 Å². The second kappa shape index (κ2) is 10.4. The third-order valence-corrected chi connectivity index (χ3v) is 7.86. The van der Waals surface area contributed by atoms with Crippen molar-refractivity contribution in [3.05, 3.63) is 77.9 Å². The van der Waals surface area contributed by atoms with E-state index in [1.54, 1.807) is 6.07 Å². The van der Waals surface area contributed by atoms with Crippen LogP contribution in [0.15, 0.2) is 61.2 Å². The van der Waals surface area contributed by atoms with Crippen LogP contribution in [0.1, 0.15) is 55.5 Å². The number of hydrogen-bond donors (Lipinski definition) is 2. The molecule has 0 aliphatic carbocycles. The van der Waals surface area contributed by atoms with Gasteiger partial charge in [-0.2, -0.15) is 0 Å². The number of piperidine rings is 1. The van der Waals surface area contributed by atoms with E-state index in [1.807, 2.05) is 18.2 Å². The molecular weight excluding hydrogens is 438 g/mol. The summed E-state index contributed by atoms with van der Waals surface area (Å²) in [6.45, 7) is 13.8. The molecule has 2 aromatic rings. The second-order valence-corrected chi connectivity index (χ2v) is 10.4. The van der Waals surface area contributed by atoms with Crippen molar-refractivity contribution >= 4 is 0 Å². The molecule has 1 unspecified atom stereocenters. The number of nitrogens with one attached hydrogen (secondary N) is 1. The molecule has 0 amide bonds. The van der Waals surface area contributed by atoms with E-state index in [1.165, 1.54) is 5.56 Å². The maximum absolute atomic E-state index is 10.3. The first kappa shape index (κ1) is 24.5. The molecule has 0 radical (unpaired) electrons. The van der Waals surface area contributed by atoms with Crippen molar-refractivity contribution < 1.29 is 14.6 Å². The van der Waals surface area contributed by atoms with Crippen LogP contribution < -0.4 is 5.32 Å². The molecule has 188 valence electrons. The van der Waals surface area contributed by atoms with Gasteiger partial charge in [0, 0.05) is 57.6 Å². The van der Waals surface area contributed by atoms with Crippen LogP contribution in [-0.2, 0) is 9.47 Å². The summed E-state index contributed by atoms with van der Waals surface area (Å²) in [5.41, 5.74) is 3.49. The fourth-order valence-corrected chi connectivity index (χ4v) is 5.99. The first-order chi connectivity index (χ1) is 17.0. The Balaban J connectivity index is 1.45. The smallest absolute Gasteiger partial charge is 0.171 e. The van der Waals surface area contributed by atoms with E-state index in [9.17, 15) is 5.11 Å². The van der Waals surface area contributed by atoms with Crippen LogP contribution in [0.4, 0.5) is 0 Å². The molecule has 1 spiro atoms. The van der Waals surface area contributed by atoms with Crippen LogP contribution in [0, 0.1) is 0 Å². The molecule has 3 aliphatic rings. The van der Waals surface area contributed by atoms with E-state index in [-0.39, 0.29) is 12.1 Å². The Morgan fingerprint density at radius 2 is 1.83 bits per heavy atom. The zero-order valence-electron chi connectivity index (χ0n) is 21.0. The van der Waals surface area contributed by atoms with Gasteiger partial charge in [-0.05, 0) is 42.7 Å². The van der Waals surface area contributed by atoms with Gasteiger partial charge in [0.15, 0.2) is 5.79 Å². The molecule has 4 atom stereocenters. The monoisotopic (exact) mass is 477 g/mol. The normalized spacial score (nSPS) is 28.2. The summed E-state index contributed by atoms with van der Waals surface area (Å²) < 4.78 is 12.7. The number of piperazine rings is 1. The van der Waals surface area contributed by atoms with Gasteiger partial charge in [0.05, 0.1) is 12.6 Å². The molecule has 0 saturated carbocycles. The Hall–Kier alpha value is -2.22. The van der Waals surface area contributed by atoms with E-state index in [0.717, 1.165) is 56.7 Å². The van der Waals surface area contributed by atoms with Gasteiger partial charge in [-0.25, -0.2) is 0 Å². The van der Waals surface area contributed by atoms with Crippen molar-refractivity contribution in [3.8, 4) is 5.75 Å². The van der Waals surface area contributed by atoms with Crippen LogP contribution in [0.5, 0.6) is 5.75 Å². The Labute approximate surface area is 209 Å². The van der Waals surface area contributed by atoms with E-state index in [4.69, 9.17) is 9.47 Å². The Morgan fingerprint density at radius 3 is 2.57 bits per heavy atom. The number of phenolic OH excluding ortho intramolecular Hbond substituents is 1. The van der Waals surface area contributed by atoms with Crippen LogP contribution in [-0.4, -0.2) is 72.1 Å². The van der Waals surface area contributed by atoms with Gasteiger partial charge in [-0.15, -0.1) is 6.58 Å². The predicted octanol–water partition coefficient (Wildman–Crippen LogP) is 4.23. The van der Waals surface area contributed by atoms with E-state index >= 15 is 0 Å². The summed E-state index contributed by atoms with van der Waals surface area (Å²) in [4.78, 5) is 5.07. The summed E-state index contributed by atoms with van der Waals surface area (Å²) in [5, 5.41) is 13.7. The maximum atomic E-state index is 10.3. The van der Waals surface area contributed by atoms with Crippen molar-refractivity contribution in [2.24, 2.45) is 0 Å². The summed E-state index contributed by atoms with van der Waals surface area (Å²) in [6, 6.07) is 17.3. The van der Waals surface area contributed by atoms with Crippen molar-refractivity contribution in [2.45, 2.75) is 56.7 Å². The molecule has 0 bridgehead atoms. The van der Waals surface area contributed by atoms with Crippen molar-refractivity contribution in [1.82, 2.24) is 15.1 Å². The molecule has 3 saturated heterocycles. The molecule has 2 N–H and O–H groups in total. The highest BCUT2D eigenvalue weighted by Crippen LogP contribution is 2.40. The highest BCUT2D eigenvalue weighted by atomic mass is 16.7. The number of ether oxygens (including phenoxy) is 2. The van der Waals surface area contributed by atoms with Crippen molar-refractivity contribution in [3.63, 3.8) is 0 Å². The SMILES string of the molecule is C=CCN1C[C@H](C)N([C@@H](c2cccc(O)c2)c2cccc(C3COC4(CCNCC4)O3)c2)C[C@H]1C. The number of aromatic hydroxyl groups is 1. The fourth-order valence-electron chi connectivity index (χ4n) is 5.99. The minimum Gasteiger partial charge on any atom is -0.508 e. The molecular formula is C29H39N3O3. The Kier molecular flexibility index (Phi) is 7.28. The molecule has 3 fully saturated rings. The molecule has 2 aromatic carbocycles. The molecule has 3 aliphatic heterocycles. The standard InChI is InChI=1S/C29H39N3O3/c1-4-15-31-18-22(3)32(19-21(31)2)28(25-9-6-10-26(33)17-25)24-8-5-7-23(16-24)27-20-34-29(35-27)11-13-30-14-12-29/h4-10,16-17,21-22,27-28,30,33H,1,11-15,18-20H2,2-3H3/t21-,22+,27?,28-/m1/s1. The third kappa shape index (κ3) is 5.18. The maximum Gasteiger partial charge on any atom is 0.171 e. The average Bonchev–Trinajstić information content (AvgIpc) is 3.26. The number of rotatable bonds is 6. The van der Waals surface area contributed by atoms with Crippen LogP contribution in [0.2, 0.25) is 0 Å². The van der Waals surface area contributed by atoms with Gasteiger partial charge >= 0.3 is 0 Å². The minimum absolute atomic E-state index is 0.0422. The molecule has 0 aromatic heterocycles. The van der Waals surface area contributed by atoms with Gasteiger partial charge in [0.25, 0.3) is 0 Å². The second-order valence-electron chi connectivity index (χ2n) is 10.4. The van der Waals surface area contributed by atoms with E-state index in [2.05, 4.69) is 65.9 Å². The number of benzene rings is 2. The average molecular weight is 478 g/mol. The molecule has 6 heteroatoms.